The highest BCUT2D eigenvalue weighted by Crippen LogP contribution is 2.35. The van der Waals surface area contributed by atoms with Crippen molar-refractivity contribution in [2.75, 3.05) is 27.7 Å². The lowest BCUT2D eigenvalue weighted by atomic mass is 10.2. The number of nitrogens with zero attached hydrogens (tertiary/aromatic N) is 1. The van der Waals surface area contributed by atoms with Crippen molar-refractivity contribution in [2.24, 2.45) is 0 Å². The van der Waals surface area contributed by atoms with E-state index in [0.29, 0.717) is 0 Å². The zero-order valence-electron chi connectivity index (χ0n) is 12.5. The van der Waals surface area contributed by atoms with E-state index in [1.54, 1.807) is 18.4 Å². The minimum Gasteiger partial charge on any atom is -0.497 e. The molecular formula is C16H20BrNO2S. The van der Waals surface area contributed by atoms with Gasteiger partial charge in [0.05, 0.1) is 12.0 Å². The minimum atomic E-state index is 0.0360. The molecule has 0 saturated heterocycles. The molecule has 2 rings (SSSR count). The summed E-state index contributed by atoms with van der Waals surface area (Å²) >= 11 is 5.32. The Hall–Kier alpha value is -1.04. The van der Waals surface area contributed by atoms with E-state index < -0.39 is 0 Å². The molecule has 2 aromatic rings. The first-order valence-electron chi connectivity index (χ1n) is 6.78. The molecule has 114 valence electrons. The van der Waals surface area contributed by atoms with Gasteiger partial charge in [-0.1, -0.05) is 6.07 Å². The van der Waals surface area contributed by atoms with Crippen molar-refractivity contribution in [3.05, 3.63) is 45.1 Å². The van der Waals surface area contributed by atoms with E-state index in [0.717, 1.165) is 28.9 Å². The molecule has 3 nitrogen and oxygen atoms in total. The van der Waals surface area contributed by atoms with Gasteiger partial charge in [0, 0.05) is 23.5 Å². The van der Waals surface area contributed by atoms with Gasteiger partial charge in [-0.15, -0.1) is 11.3 Å². The van der Waals surface area contributed by atoms with E-state index in [1.807, 2.05) is 24.3 Å². The van der Waals surface area contributed by atoms with Crippen molar-refractivity contribution in [2.45, 2.75) is 12.5 Å². The maximum absolute atomic E-state index is 6.21. The third-order valence-corrected chi connectivity index (χ3v) is 5.06. The molecule has 0 spiro atoms. The zero-order chi connectivity index (χ0) is 15.2. The smallest absolute Gasteiger partial charge is 0.135 e. The first-order valence-corrected chi connectivity index (χ1v) is 8.45. The molecule has 0 amide bonds. The molecule has 1 atom stereocenters. The molecule has 0 saturated carbocycles. The molecule has 0 fully saturated rings. The van der Waals surface area contributed by atoms with Crippen LogP contribution in [0.25, 0.3) is 0 Å². The highest BCUT2D eigenvalue weighted by molar-refractivity contribution is 9.10. The third-order valence-electron chi connectivity index (χ3n) is 3.10. The fraction of sp³-hybridized carbons (Fsp3) is 0.375. The summed E-state index contributed by atoms with van der Waals surface area (Å²) in [6.45, 7) is 0.971. The summed E-state index contributed by atoms with van der Waals surface area (Å²) in [4.78, 5) is 3.39. The Labute approximate surface area is 138 Å². The van der Waals surface area contributed by atoms with Crippen LogP contribution in [0.1, 0.15) is 17.4 Å². The van der Waals surface area contributed by atoms with Crippen molar-refractivity contribution >= 4 is 27.3 Å². The molecule has 0 aliphatic heterocycles. The van der Waals surface area contributed by atoms with Crippen LogP contribution < -0.4 is 9.47 Å². The van der Waals surface area contributed by atoms with Crippen LogP contribution in [0.15, 0.2) is 40.2 Å². The average molecular weight is 370 g/mol. The topological polar surface area (TPSA) is 21.7 Å². The van der Waals surface area contributed by atoms with E-state index in [-0.39, 0.29) is 6.10 Å². The third kappa shape index (κ3) is 4.73. The summed E-state index contributed by atoms with van der Waals surface area (Å²) in [6, 6.07) is 9.82. The molecule has 1 heterocycles. The molecular weight excluding hydrogens is 350 g/mol. The number of hydrogen-bond donors (Lipinski definition) is 0. The van der Waals surface area contributed by atoms with E-state index in [4.69, 9.17) is 9.47 Å². The Kier molecular flexibility index (Phi) is 6.08. The summed E-state index contributed by atoms with van der Waals surface area (Å²) in [5.74, 6) is 1.64. The van der Waals surface area contributed by atoms with Gasteiger partial charge in [0.1, 0.15) is 17.6 Å². The monoisotopic (exact) mass is 369 g/mol. The standard InChI is InChI=1S/C16H20BrNO2S/c1-18(2)9-7-15(16-14(17)8-10-21-16)20-13-6-4-5-12(11-13)19-3/h4-6,8,10-11,15H,7,9H2,1-3H3. The largest absolute Gasteiger partial charge is 0.497 e. The maximum atomic E-state index is 6.21. The Balaban J connectivity index is 2.17. The van der Waals surface area contributed by atoms with Crippen LogP contribution in [-0.4, -0.2) is 32.6 Å². The normalized spacial score (nSPS) is 12.4. The Morgan fingerprint density at radius 1 is 1.24 bits per heavy atom. The number of hydrogen-bond acceptors (Lipinski definition) is 4. The quantitative estimate of drug-likeness (QED) is 0.712. The van der Waals surface area contributed by atoms with Crippen molar-refractivity contribution in [3.63, 3.8) is 0 Å². The van der Waals surface area contributed by atoms with Gasteiger partial charge in [0.25, 0.3) is 0 Å². The molecule has 0 bridgehead atoms. The molecule has 0 N–H and O–H groups in total. The fourth-order valence-corrected chi connectivity index (χ4v) is 3.68. The molecule has 0 aliphatic rings. The first-order chi connectivity index (χ1) is 10.1. The molecule has 0 radical (unpaired) electrons. The summed E-state index contributed by atoms with van der Waals surface area (Å²) in [5.41, 5.74) is 0. The predicted octanol–water partition coefficient (Wildman–Crippen LogP) is 4.59. The van der Waals surface area contributed by atoms with Gasteiger partial charge in [0.2, 0.25) is 0 Å². The number of halogens is 1. The number of rotatable bonds is 7. The summed E-state index contributed by atoms with van der Waals surface area (Å²) in [7, 11) is 5.82. The maximum Gasteiger partial charge on any atom is 0.135 e. The van der Waals surface area contributed by atoms with Crippen LogP contribution in [0.4, 0.5) is 0 Å². The van der Waals surface area contributed by atoms with Gasteiger partial charge >= 0.3 is 0 Å². The van der Waals surface area contributed by atoms with Gasteiger partial charge in [-0.3, -0.25) is 0 Å². The van der Waals surface area contributed by atoms with Gasteiger partial charge < -0.3 is 14.4 Å². The van der Waals surface area contributed by atoms with Gasteiger partial charge in [0.15, 0.2) is 0 Å². The van der Waals surface area contributed by atoms with Crippen LogP contribution in [0, 0.1) is 0 Å². The Bertz CT molecular complexity index is 571. The lowest BCUT2D eigenvalue weighted by molar-refractivity contribution is 0.181. The molecule has 1 aromatic carbocycles. The number of thiophene rings is 1. The minimum absolute atomic E-state index is 0.0360. The van der Waals surface area contributed by atoms with E-state index in [1.165, 1.54) is 4.88 Å². The van der Waals surface area contributed by atoms with Crippen LogP contribution >= 0.6 is 27.3 Å². The second-order valence-corrected chi connectivity index (χ2v) is 6.81. The van der Waals surface area contributed by atoms with E-state index in [2.05, 4.69) is 46.4 Å². The van der Waals surface area contributed by atoms with Crippen LogP contribution in [0.2, 0.25) is 0 Å². The molecule has 1 aromatic heterocycles. The number of methoxy groups -OCH3 is 1. The zero-order valence-corrected chi connectivity index (χ0v) is 14.9. The van der Waals surface area contributed by atoms with E-state index in [9.17, 15) is 0 Å². The summed E-state index contributed by atoms with van der Waals surface area (Å²) in [6.07, 6.45) is 0.970. The fourth-order valence-electron chi connectivity index (χ4n) is 1.99. The average Bonchev–Trinajstić information content (AvgIpc) is 2.89. The second kappa shape index (κ2) is 7.82. The highest BCUT2D eigenvalue weighted by atomic mass is 79.9. The highest BCUT2D eigenvalue weighted by Gasteiger charge is 2.18. The van der Waals surface area contributed by atoms with Crippen molar-refractivity contribution < 1.29 is 9.47 Å². The van der Waals surface area contributed by atoms with Crippen LogP contribution in [-0.2, 0) is 0 Å². The first kappa shape index (κ1) is 16.3. The molecule has 5 heteroatoms. The number of ether oxygens (including phenoxy) is 2. The number of benzene rings is 1. The SMILES string of the molecule is COc1cccc(OC(CCN(C)C)c2sccc2Br)c1. The second-order valence-electron chi connectivity index (χ2n) is 5.01. The molecule has 0 aliphatic carbocycles. The molecule has 1 unspecified atom stereocenters. The lowest BCUT2D eigenvalue weighted by Gasteiger charge is -2.21. The van der Waals surface area contributed by atoms with E-state index >= 15 is 0 Å². The predicted molar refractivity (Wildman–Crippen MR) is 91.6 cm³/mol. The van der Waals surface area contributed by atoms with Crippen LogP contribution in [0.5, 0.6) is 11.5 Å². The van der Waals surface area contributed by atoms with Crippen molar-refractivity contribution in [1.29, 1.82) is 0 Å². The summed E-state index contributed by atoms with van der Waals surface area (Å²) in [5, 5.41) is 2.08. The Morgan fingerprint density at radius 3 is 2.62 bits per heavy atom. The van der Waals surface area contributed by atoms with Gasteiger partial charge in [-0.25, -0.2) is 0 Å². The van der Waals surface area contributed by atoms with Crippen molar-refractivity contribution in [1.82, 2.24) is 4.90 Å². The lowest BCUT2D eigenvalue weighted by Crippen LogP contribution is -2.18. The van der Waals surface area contributed by atoms with Crippen LogP contribution in [0.3, 0.4) is 0 Å². The molecule has 21 heavy (non-hydrogen) atoms. The van der Waals surface area contributed by atoms with Gasteiger partial charge in [-0.2, -0.15) is 0 Å². The summed E-state index contributed by atoms with van der Waals surface area (Å²) < 4.78 is 12.6. The van der Waals surface area contributed by atoms with Crippen molar-refractivity contribution in [3.8, 4) is 11.5 Å². The Morgan fingerprint density at radius 2 is 2.00 bits per heavy atom. The van der Waals surface area contributed by atoms with Gasteiger partial charge in [-0.05, 0) is 53.6 Å².